The maximum Gasteiger partial charge on any atom is 0.255 e. The summed E-state index contributed by atoms with van der Waals surface area (Å²) in [6.45, 7) is 2.74. The molecule has 3 heterocycles. The maximum absolute atomic E-state index is 13.1. The molecule has 3 aromatic carbocycles. The molecule has 0 aromatic heterocycles. The smallest absolute Gasteiger partial charge is 0.255 e. The zero-order chi connectivity index (χ0) is 30.5. The Labute approximate surface area is 256 Å². The summed E-state index contributed by atoms with van der Waals surface area (Å²) in [4.78, 5) is 53.8. The van der Waals surface area contributed by atoms with Gasteiger partial charge in [0.15, 0.2) is 0 Å². The van der Waals surface area contributed by atoms with Gasteiger partial charge in [0.2, 0.25) is 17.7 Å². The van der Waals surface area contributed by atoms with Crippen molar-refractivity contribution >= 4 is 23.6 Å². The van der Waals surface area contributed by atoms with Gasteiger partial charge in [0, 0.05) is 30.6 Å². The first-order valence-corrected chi connectivity index (χ1v) is 15.2. The normalized spacial score (nSPS) is 19.9. The minimum atomic E-state index is -0.660. The topological polar surface area (TPSA) is 117 Å². The highest BCUT2D eigenvalue weighted by Gasteiger charge is 2.40. The second-order valence-electron chi connectivity index (χ2n) is 11.4. The molecule has 10 nitrogen and oxygen atoms in total. The molecule has 2 saturated heterocycles. The van der Waals surface area contributed by atoms with E-state index in [4.69, 9.17) is 9.47 Å². The molecule has 0 spiro atoms. The van der Waals surface area contributed by atoms with Gasteiger partial charge in [-0.25, -0.2) is 0 Å². The summed E-state index contributed by atoms with van der Waals surface area (Å²) in [6.07, 6.45) is 3.05. The van der Waals surface area contributed by atoms with Crippen LogP contribution < -0.4 is 20.1 Å². The number of hydrogen-bond acceptors (Lipinski definition) is 7. The second kappa shape index (κ2) is 13.3. The first kappa shape index (κ1) is 29.4. The van der Waals surface area contributed by atoms with Crippen LogP contribution in [0.5, 0.6) is 17.2 Å². The first-order valence-electron chi connectivity index (χ1n) is 15.2. The zero-order valence-corrected chi connectivity index (χ0v) is 24.5. The molecule has 3 aliphatic heterocycles. The number of rotatable bonds is 11. The number of benzene rings is 3. The van der Waals surface area contributed by atoms with E-state index in [2.05, 4.69) is 15.5 Å². The minimum Gasteiger partial charge on any atom is -0.493 e. The molecule has 2 N–H and O–H groups in total. The quantitative estimate of drug-likeness (QED) is 0.256. The fourth-order valence-electron chi connectivity index (χ4n) is 6.14. The number of fused-ring (bicyclic) bond motifs is 1. The highest BCUT2D eigenvalue weighted by molar-refractivity contribution is 6.05. The monoisotopic (exact) mass is 596 g/mol. The van der Waals surface area contributed by atoms with Gasteiger partial charge >= 0.3 is 0 Å². The van der Waals surface area contributed by atoms with Crippen molar-refractivity contribution in [1.29, 1.82) is 0 Å². The third kappa shape index (κ3) is 6.60. The third-order valence-corrected chi connectivity index (χ3v) is 8.42. The Kier molecular flexibility index (Phi) is 8.88. The molecule has 6 rings (SSSR count). The zero-order valence-electron chi connectivity index (χ0n) is 24.5. The Morgan fingerprint density at radius 2 is 1.73 bits per heavy atom. The summed E-state index contributed by atoms with van der Waals surface area (Å²) < 4.78 is 12.0. The van der Waals surface area contributed by atoms with Crippen LogP contribution in [0.25, 0.3) is 0 Å². The number of piperidine rings is 1. The number of imide groups is 1. The van der Waals surface area contributed by atoms with E-state index in [-0.39, 0.29) is 36.7 Å². The average molecular weight is 597 g/mol. The summed E-state index contributed by atoms with van der Waals surface area (Å²) in [5.41, 5.74) is 2.30. The first-order chi connectivity index (χ1) is 21.5. The summed E-state index contributed by atoms with van der Waals surface area (Å²) in [5, 5.41) is 5.42. The van der Waals surface area contributed by atoms with E-state index in [0.717, 1.165) is 55.0 Å². The van der Waals surface area contributed by atoms with Crippen LogP contribution in [0.1, 0.15) is 53.6 Å². The van der Waals surface area contributed by atoms with Gasteiger partial charge in [0.05, 0.1) is 19.2 Å². The van der Waals surface area contributed by atoms with E-state index in [1.165, 1.54) is 4.90 Å². The van der Waals surface area contributed by atoms with Gasteiger partial charge < -0.3 is 19.7 Å². The molecule has 10 heteroatoms. The van der Waals surface area contributed by atoms with E-state index >= 15 is 0 Å². The fourth-order valence-corrected chi connectivity index (χ4v) is 6.14. The van der Waals surface area contributed by atoms with E-state index in [1.807, 2.05) is 60.7 Å². The molecular weight excluding hydrogens is 560 g/mol. The Morgan fingerprint density at radius 3 is 2.52 bits per heavy atom. The number of hydrogen-bond donors (Lipinski definition) is 2. The summed E-state index contributed by atoms with van der Waals surface area (Å²) in [5.74, 6) is 1.22. The number of carbonyl (C=O) groups is 4. The SMILES string of the molecule is O=C1CCC(N2Cc3c(OCCCN4CCCC4C(=O)NCc4ccc(Oc5ccccc5)cc4)cccc3C2=O)C(=O)N1. The molecule has 2 unspecified atom stereocenters. The van der Waals surface area contributed by atoms with Crippen LogP contribution in [-0.2, 0) is 27.5 Å². The van der Waals surface area contributed by atoms with E-state index in [9.17, 15) is 19.2 Å². The molecule has 0 bridgehead atoms. The van der Waals surface area contributed by atoms with Crippen molar-refractivity contribution in [2.45, 2.75) is 57.3 Å². The van der Waals surface area contributed by atoms with Crippen molar-refractivity contribution in [2.24, 2.45) is 0 Å². The Hall–Kier alpha value is -4.70. The second-order valence-corrected chi connectivity index (χ2v) is 11.4. The lowest BCUT2D eigenvalue weighted by Crippen LogP contribution is -2.52. The molecule has 0 radical (unpaired) electrons. The predicted molar refractivity (Wildman–Crippen MR) is 162 cm³/mol. The molecule has 2 fully saturated rings. The Balaban J connectivity index is 0.961. The fraction of sp³-hybridized carbons (Fsp3) is 0.353. The van der Waals surface area contributed by atoms with Gasteiger partial charge in [0.25, 0.3) is 5.91 Å². The van der Waals surface area contributed by atoms with Crippen molar-refractivity contribution in [2.75, 3.05) is 19.7 Å². The van der Waals surface area contributed by atoms with Crippen LogP contribution >= 0.6 is 0 Å². The third-order valence-electron chi connectivity index (χ3n) is 8.42. The van der Waals surface area contributed by atoms with Crippen LogP contribution in [0.2, 0.25) is 0 Å². The molecule has 3 aliphatic rings. The van der Waals surface area contributed by atoms with Crippen LogP contribution in [0.15, 0.2) is 72.8 Å². The van der Waals surface area contributed by atoms with Crippen molar-refractivity contribution in [3.8, 4) is 17.2 Å². The molecule has 44 heavy (non-hydrogen) atoms. The molecule has 3 aromatic rings. The number of para-hydroxylation sites is 1. The molecule has 2 atom stereocenters. The standard InChI is InChI=1S/C34H36N4O6/c39-31-17-16-29(33(41)36-31)38-22-27-26(34(38)42)9-4-11-30(27)43-20-6-19-37-18-5-10-28(37)32(40)35-21-23-12-14-25(15-13-23)44-24-7-2-1-3-8-24/h1-4,7-9,11-15,28-29H,5-6,10,16-22H2,(H,35,40)(H,36,39,41). The highest BCUT2D eigenvalue weighted by atomic mass is 16.5. The van der Waals surface area contributed by atoms with Gasteiger partial charge in [-0.3, -0.25) is 29.4 Å². The number of amides is 4. The van der Waals surface area contributed by atoms with Gasteiger partial charge in [-0.1, -0.05) is 36.4 Å². The summed E-state index contributed by atoms with van der Waals surface area (Å²) in [7, 11) is 0. The Morgan fingerprint density at radius 1 is 0.932 bits per heavy atom. The molecule has 0 aliphatic carbocycles. The molecule has 0 saturated carbocycles. The number of ether oxygens (including phenoxy) is 2. The van der Waals surface area contributed by atoms with Gasteiger partial charge in [0.1, 0.15) is 23.3 Å². The average Bonchev–Trinajstić information content (AvgIpc) is 3.64. The van der Waals surface area contributed by atoms with Gasteiger partial charge in [-0.15, -0.1) is 0 Å². The minimum absolute atomic E-state index is 0.0287. The van der Waals surface area contributed by atoms with E-state index < -0.39 is 11.9 Å². The molecule has 228 valence electrons. The lowest BCUT2D eigenvalue weighted by atomic mass is 10.0. The van der Waals surface area contributed by atoms with Crippen molar-refractivity contribution in [3.05, 3.63) is 89.5 Å². The van der Waals surface area contributed by atoms with Crippen LogP contribution in [0.4, 0.5) is 0 Å². The number of carbonyl (C=O) groups excluding carboxylic acids is 4. The van der Waals surface area contributed by atoms with Crippen LogP contribution in [0, 0.1) is 0 Å². The van der Waals surface area contributed by atoms with Crippen LogP contribution in [-0.4, -0.2) is 65.2 Å². The van der Waals surface area contributed by atoms with E-state index in [1.54, 1.807) is 12.1 Å². The van der Waals surface area contributed by atoms with Crippen molar-refractivity contribution in [1.82, 2.24) is 20.4 Å². The van der Waals surface area contributed by atoms with Crippen molar-refractivity contribution < 1.29 is 28.7 Å². The van der Waals surface area contributed by atoms with Gasteiger partial charge in [-0.2, -0.15) is 0 Å². The maximum atomic E-state index is 13.1. The largest absolute Gasteiger partial charge is 0.493 e. The lowest BCUT2D eigenvalue weighted by Gasteiger charge is -2.29. The molecular formula is C34H36N4O6. The van der Waals surface area contributed by atoms with Crippen LogP contribution in [0.3, 0.4) is 0 Å². The summed E-state index contributed by atoms with van der Waals surface area (Å²) >= 11 is 0. The Bertz CT molecular complexity index is 1530. The lowest BCUT2D eigenvalue weighted by molar-refractivity contribution is -0.137. The van der Waals surface area contributed by atoms with Crippen molar-refractivity contribution in [3.63, 3.8) is 0 Å². The highest BCUT2D eigenvalue weighted by Crippen LogP contribution is 2.33. The number of likely N-dealkylation sites (tertiary alicyclic amines) is 1. The summed E-state index contributed by atoms with van der Waals surface area (Å²) in [6, 6.07) is 21.9. The van der Waals surface area contributed by atoms with Gasteiger partial charge in [-0.05, 0) is 74.2 Å². The number of nitrogens with zero attached hydrogens (tertiary/aromatic N) is 2. The van der Waals surface area contributed by atoms with E-state index in [0.29, 0.717) is 30.9 Å². The molecule has 4 amide bonds. The predicted octanol–water partition coefficient (Wildman–Crippen LogP) is 3.79. The number of nitrogens with one attached hydrogen (secondary N) is 2.